The average Bonchev–Trinajstić information content (AvgIpc) is 2.21. The van der Waals surface area contributed by atoms with E-state index in [0.29, 0.717) is 11.6 Å². The van der Waals surface area contributed by atoms with Crippen molar-refractivity contribution in [3.63, 3.8) is 0 Å². The van der Waals surface area contributed by atoms with Gasteiger partial charge >= 0.3 is 0 Å². The molecule has 1 atom stereocenters. The van der Waals surface area contributed by atoms with E-state index in [1.54, 1.807) is 12.1 Å². The van der Waals surface area contributed by atoms with Gasteiger partial charge in [-0.15, -0.1) is 0 Å². The molecule has 0 saturated carbocycles. The minimum atomic E-state index is -0.803. The summed E-state index contributed by atoms with van der Waals surface area (Å²) >= 11 is 5.70. The first-order valence-corrected chi connectivity index (χ1v) is 4.71. The zero-order valence-electron chi connectivity index (χ0n) is 7.69. The van der Waals surface area contributed by atoms with E-state index in [0.717, 1.165) is 5.56 Å². The molecular weight excluding hydrogens is 204 g/mol. The van der Waals surface area contributed by atoms with Crippen LogP contribution in [0.1, 0.15) is 5.56 Å². The van der Waals surface area contributed by atoms with E-state index >= 15 is 0 Å². The SMILES string of the molecule is OCC(O)COCc1ccc(Cl)cc1. The lowest BCUT2D eigenvalue weighted by Gasteiger charge is -2.08. The van der Waals surface area contributed by atoms with E-state index < -0.39 is 6.10 Å². The lowest BCUT2D eigenvalue weighted by Crippen LogP contribution is -2.19. The summed E-state index contributed by atoms with van der Waals surface area (Å²) in [6.07, 6.45) is -0.803. The molecule has 3 nitrogen and oxygen atoms in total. The molecule has 2 N–H and O–H groups in total. The Hall–Kier alpha value is -0.610. The second kappa shape index (κ2) is 5.98. The fourth-order valence-corrected chi connectivity index (χ4v) is 1.07. The van der Waals surface area contributed by atoms with E-state index in [-0.39, 0.29) is 13.2 Å². The zero-order valence-corrected chi connectivity index (χ0v) is 8.44. The number of ether oxygens (including phenoxy) is 1. The molecule has 4 heteroatoms. The van der Waals surface area contributed by atoms with Crippen molar-refractivity contribution in [1.29, 1.82) is 0 Å². The third-order valence-corrected chi connectivity index (χ3v) is 1.95. The Bertz CT molecular complexity index is 261. The van der Waals surface area contributed by atoms with Crippen LogP contribution in [0.2, 0.25) is 5.02 Å². The second-order valence-electron chi connectivity index (χ2n) is 2.98. The standard InChI is InChI=1S/C10H13ClO3/c11-9-3-1-8(2-4-9)6-14-7-10(13)5-12/h1-4,10,12-13H,5-7H2. The van der Waals surface area contributed by atoms with Gasteiger partial charge in [-0.05, 0) is 17.7 Å². The van der Waals surface area contributed by atoms with Gasteiger partial charge in [0.25, 0.3) is 0 Å². The van der Waals surface area contributed by atoms with Gasteiger partial charge in [-0.1, -0.05) is 23.7 Å². The number of halogens is 1. The number of rotatable bonds is 5. The molecule has 0 aliphatic carbocycles. The summed E-state index contributed by atoms with van der Waals surface area (Å²) in [5, 5.41) is 18.2. The average molecular weight is 217 g/mol. The number of hydrogen-bond acceptors (Lipinski definition) is 3. The number of benzene rings is 1. The van der Waals surface area contributed by atoms with Gasteiger partial charge in [-0.25, -0.2) is 0 Å². The van der Waals surface area contributed by atoms with Crippen molar-refractivity contribution in [2.75, 3.05) is 13.2 Å². The van der Waals surface area contributed by atoms with Gasteiger partial charge in [-0.2, -0.15) is 0 Å². The molecule has 0 radical (unpaired) electrons. The normalized spacial score (nSPS) is 12.8. The van der Waals surface area contributed by atoms with E-state index in [1.807, 2.05) is 12.1 Å². The Morgan fingerprint density at radius 1 is 1.29 bits per heavy atom. The Balaban J connectivity index is 2.28. The molecule has 1 aromatic rings. The van der Waals surface area contributed by atoms with Crippen LogP contribution in [0.5, 0.6) is 0 Å². The van der Waals surface area contributed by atoms with E-state index in [4.69, 9.17) is 26.6 Å². The van der Waals surface area contributed by atoms with Crippen LogP contribution >= 0.6 is 11.6 Å². The van der Waals surface area contributed by atoms with Crippen molar-refractivity contribution < 1.29 is 14.9 Å². The molecule has 0 aliphatic rings. The van der Waals surface area contributed by atoms with Gasteiger partial charge in [0, 0.05) is 5.02 Å². The lowest BCUT2D eigenvalue weighted by atomic mass is 10.2. The first-order chi connectivity index (χ1) is 6.72. The summed E-state index contributed by atoms with van der Waals surface area (Å²) in [6, 6.07) is 7.27. The predicted octanol–water partition coefficient (Wildman–Crippen LogP) is 1.21. The number of aliphatic hydroxyl groups is 2. The van der Waals surface area contributed by atoms with Crippen LogP contribution < -0.4 is 0 Å². The van der Waals surface area contributed by atoms with Gasteiger partial charge in [0.1, 0.15) is 6.10 Å². The molecule has 0 bridgehead atoms. The highest BCUT2D eigenvalue weighted by molar-refractivity contribution is 6.30. The van der Waals surface area contributed by atoms with Gasteiger partial charge < -0.3 is 14.9 Å². The molecule has 0 spiro atoms. The Morgan fingerprint density at radius 2 is 1.93 bits per heavy atom. The predicted molar refractivity (Wildman–Crippen MR) is 54.2 cm³/mol. The summed E-state index contributed by atoms with van der Waals surface area (Å²) in [6.45, 7) is 0.272. The molecule has 0 aliphatic heterocycles. The molecular formula is C10H13ClO3. The fourth-order valence-electron chi connectivity index (χ4n) is 0.946. The minimum absolute atomic E-state index is 0.138. The second-order valence-corrected chi connectivity index (χ2v) is 3.41. The Kier molecular flexibility index (Phi) is 4.90. The topological polar surface area (TPSA) is 49.7 Å². The summed E-state index contributed by atoms with van der Waals surface area (Å²) in [4.78, 5) is 0. The quantitative estimate of drug-likeness (QED) is 0.778. The molecule has 1 rings (SSSR count). The molecule has 14 heavy (non-hydrogen) atoms. The molecule has 1 unspecified atom stereocenters. The summed E-state index contributed by atoms with van der Waals surface area (Å²) in [5.41, 5.74) is 0.986. The lowest BCUT2D eigenvalue weighted by molar-refractivity contribution is 0.0000256. The highest BCUT2D eigenvalue weighted by atomic mass is 35.5. The van der Waals surface area contributed by atoms with Crippen molar-refractivity contribution in [1.82, 2.24) is 0 Å². The fraction of sp³-hybridized carbons (Fsp3) is 0.400. The van der Waals surface area contributed by atoms with Crippen molar-refractivity contribution in [2.24, 2.45) is 0 Å². The van der Waals surface area contributed by atoms with Gasteiger partial charge in [0.05, 0.1) is 19.8 Å². The van der Waals surface area contributed by atoms with E-state index in [9.17, 15) is 0 Å². The zero-order chi connectivity index (χ0) is 10.4. The first kappa shape index (κ1) is 11.5. The minimum Gasteiger partial charge on any atom is -0.394 e. The summed E-state index contributed by atoms with van der Waals surface area (Å²) in [7, 11) is 0. The van der Waals surface area contributed by atoms with Crippen LogP contribution in [0.4, 0.5) is 0 Å². The Morgan fingerprint density at radius 3 is 2.50 bits per heavy atom. The molecule has 0 fully saturated rings. The smallest absolute Gasteiger partial charge is 0.100 e. The third-order valence-electron chi connectivity index (χ3n) is 1.70. The van der Waals surface area contributed by atoms with Crippen LogP contribution in [0.25, 0.3) is 0 Å². The molecule has 78 valence electrons. The third kappa shape index (κ3) is 4.07. The maximum Gasteiger partial charge on any atom is 0.100 e. The van der Waals surface area contributed by atoms with Crippen molar-refractivity contribution in [2.45, 2.75) is 12.7 Å². The van der Waals surface area contributed by atoms with Crippen molar-refractivity contribution in [3.8, 4) is 0 Å². The van der Waals surface area contributed by atoms with Crippen LogP contribution in [-0.4, -0.2) is 29.5 Å². The molecule has 0 saturated heterocycles. The van der Waals surface area contributed by atoms with Gasteiger partial charge in [-0.3, -0.25) is 0 Å². The molecule has 0 amide bonds. The van der Waals surface area contributed by atoms with Gasteiger partial charge in [0.15, 0.2) is 0 Å². The highest BCUT2D eigenvalue weighted by Gasteiger charge is 2.01. The number of hydrogen-bond donors (Lipinski definition) is 2. The first-order valence-electron chi connectivity index (χ1n) is 4.33. The van der Waals surface area contributed by atoms with Crippen LogP contribution in [0.15, 0.2) is 24.3 Å². The largest absolute Gasteiger partial charge is 0.394 e. The van der Waals surface area contributed by atoms with E-state index in [1.165, 1.54) is 0 Å². The van der Waals surface area contributed by atoms with Crippen LogP contribution in [0.3, 0.4) is 0 Å². The van der Waals surface area contributed by atoms with Crippen LogP contribution in [-0.2, 0) is 11.3 Å². The summed E-state index contributed by atoms with van der Waals surface area (Å²) < 4.78 is 5.16. The highest BCUT2D eigenvalue weighted by Crippen LogP contribution is 2.10. The van der Waals surface area contributed by atoms with Crippen molar-refractivity contribution in [3.05, 3.63) is 34.9 Å². The maximum atomic E-state index is 8.98. The monoisotopic (exact) mass is 216 g/mol. The molecule has 0 heterocycles. The van der Waals surface area contributed by atoms with Crippen molar-refractivity contribution >= 4 is 11.6 Å². The summed E-state index contributed by atoms with van der Waals surface area (Å²) in [5.74, 6) is 0. The van der Waals surface area contributed by atoms with E-state index in [2.05, 4.69) is 0 Å². The molecule has 1 aromatic carbocycles. The number of aliphatic hydroxyl groups excluding tert-OH is 2. The molecule has 0 aromatic heterocycles. The van der Waals surface area contributed by atoms with Gasteiger partial charge in [0.2, 0.25) is 0 Å². The Labute approximate surface area is 87.9 Å². The van der Waals surface area contributed by atoms with Crippen LogP contribution in [0, 0.1) is 0 Å². The maximum absolute atomic E-state index is 8.98.